The average Bonchev–Trinajstić information content (AvgIpc) is 2.45. The van der Waals surface area contributed by atoms with Gasteiger partial charge in [-0.3, -0.25) is 14.8 Å². The van der Waals surface area contributed by atoms with Gasteiger partial charge in [-0.1, -0.05) is 6.08 Å². The maximum Gasteiger partial charge on any atom is 0.224 e. The first-order chi connectivity index (χ1) is 10.9. The van der Waals surface area contributed by atoms with Crippen LogP contribution in [0.15, 0.2) is 28.4 Å². The van der Waals surface area contributed by atoms with E-state index >= 15 is 0 Å². The highest BCUT2D eigenvalue weighted by Gasteiger charge is 2.42. The van der Waals surface area contributed by atoms with Crippen LogP contribution in [-0.2, 0) is 4.79 Å². The van der Waals surface area contributed by atoms with E-state index < -0.39 is 0 Å². The monoisotopic (exact) mass is 316 g/mol. The Kier molecular flexibility index (Phi) is 4.32. The molecule has 0 aliphatic carbocycles. The van der Waals surface area contributed by atoms with Gasteiger partial charge in [0.1, 0.15) is 0 Å². The number of allylic oxidation sites excluding steroid dienone is 1. The van der Waals surface area contributed by atoms with Crippen molar-refractivity contribution in [3.8, 4) is 0 Å². The zero-order valence-electron chi connectivity index (χ0n) is 14.8. The molecular formula is C18H28N4O. The number of carbonyl (C=O) groups is 1. The summed E-state index contributed by atoms with van der Waals surface area (Å²) in [4.78, 5) is 16.8. The zero-order chi connectivity index (χ0) is 16.7. The summed E-state index contributed by atoms with van der Waals surface area (Å²) in [5, 5.41) is 7.72. The number of dihydropyridines is 1. The van der Waals surface area contributed by atoms with E-state index in [2.05, 4.69) is 62.2 Å². The Labute approximate surface area is 139 Å². The maximum absolute atomic E-state index is 12.0. The predicted octanol–water partition coefficient (Wildman–Crippen LogP) is 2.47. The molecule has 1 N–H and O–H groups in total. The van der Waals surface area contributed by atoms with Gasteiger partial charge in [-0.2, -0.15) is 0 Å². The quantitative estimate of drug-likeness (QED) is 0.814. The van der Waals surface area contributed by atoms with E-state index in [1.165, 1.54) is 11.1 Å². The van der Waals surface area contributed by atoms with Gasteiger partial charge in [0, 0.05) is 42.9 Å². The van der Waals surface area contributed by atoms with E-state index in [0.717, 1.165) is 6.42 Å². The first-order valence-electron chi connectivity index (χ1n) is 8.68. The number of piperidine rings is 1. The molecule has 0 aromatic rings. The fraction of sp³-hybridized carbons (Fsp3) is 0.667. The lowest BCUT2D eigenvalue weighted by Crippen LogP contribution is -2.58. The van der Waals surface area contributed by atoms with Crippen LogP contribution in [0.3, 0.4) is 0 Å². The van der Waals surface area contributed by atoms with E-state index in [0.29, 0.717) is 18.5 Å². The Morgan fingerprint density at radius 1 is 1.30 bits per heavy atom. The number of rotatable bonds is 3. The third-order valence-electron chi connectivity index (χ3n) is 4.89. The number of nitrogens with zero attached hydrogens (tertiary/aromatic N) is 3. The van der Waals surface area contributed by atoms with Gasteiger partial charge in [0.15, 0.2) is 6.17 Å². The predicted molar refractivity (Wildman–Crippen MR) is 92.7 cm³/mol. The van der Waals surface area contributed by atoms with Crippen molar-refractivity contribution in [1.82, 2.24) is 15.3 Å². The minimum Gasteiger partial charge on any atom is -0.352 e. The standard InChI is InChI=1S/C18H28N4O/c1-11(2)22(12(3)4)21-10-14-9-16(23)20-13(5)17(14)15-7-6-8-19-18(15)21/h7-8,10-13,17-18H,6,9H2,1-5H3,(H,20,23). The number of aliphatic imine (C=N–C) groups is 1. The van der Waals surface area contributed by atoms with Gasteiger partial charge in [-0.25, -0.2) is 5.01 Å². The Balaban J connectivity index is 2.06. The van der Waals surface area contributed by atoms with Crippen molar-refractivity contribution in [2.75, 3.05) is 0 Å². The fourth-order valence-corrected chi connectivity index (χ4v) is 4.25. The number of hydrogen-bond acceptors (Lipinski definition) is 4. The van der Waals surface area contributed by atoms with Gasteiger partial charge < -0.3 is 5.32 Å². The summed E-state index contributed by atoms with van der Waals surface area (Å²) < 4.78 is 0. The summed E-state index contributed by atoms with van der Waals surface area (Å²) in [6, 6.07) is 0.881. The molecular weight excluding hydrogens is 288 g/mol. The minimum absolute atomic E-state index is 0.0275. The molecule has 0 spiro atoms. The smallest absolute Gasteiger partial charge is 0.224 e. The van der Waals surface area contributed by atoms with Gasteiger partial charge in [0.2, 0.25) is 5.91 Å². The third-order valence-corrected chi connectivity index (χ3v) is 4.89. The van der Waals surface area contributed by atoms with Crippen molar-refractivity contribution in [2.45, 2.75) is 71.8 Å². The fourth-order valence-electron chi connectivity index (χ4n) is 4.25. The lowest BCUT2D eigenvalue weighted by molar-refractivity contribution is -0.123. The molecule has 3 aliphatic rings. The van der Waals surface area contributed by atoms with Crippen molar-refractivity contribution >= 4 is 12.1 Å². The van der Waals surface area contributed by atoms with Crippen LogP contribution in [0.1, 0.15) is 47.5 Å². The maximum atomic E-state index is 12.0. The molecule has 1 fully saturated rings. The Hall–Kier alpha value is -1.62. The Morgan fingerprint density at radius 2 is 2.00 bits per heavy atom. The summed E-state index contributed by atoms with van der Waals surface area (Å²) in [7, 11) is 0. The molecule has 0 aromatic heterocycles. The molecule has 0 bridgehead atoms. The summed E-state index contributed by atoms with van der Waals surface area (Å²) in [6.07, 6.45) is 7.89. The molecule has 5 heteroatoms. The van der Waals surface area contributed by atoms with Crippen LogP contribution in [0.2, 0.25) is 0 Å². The van der Waals surface area contributed by atoms with Gasteiger partial charge in [0.25, 0.3) is 0 Å². The van der Waals surface area contributed by atoms with Gasteiger partial charge >= 0.3 is 0 Å². The highest BCUT2D eigenvalue weighted by Crippen LogP contribution is 2.40. The van der Waals surface area contributed by atoms with Crippen molar-refractivity contribution < 1.29 is 4.79 Å². The number of amides is 1. The molecule has 0 saturated carbocycles. The molecule has 3 atom stereocenters. The molecule has 23 heavy (non-hydrogen) atoms. The second kappa shape index (κ2) is 6.11. The van der Waals surface area contributed by atoms with Crippen molar-refractivity contribution in [2.24, 2.45) is 10.9 Å². The van der Waals surface area contributed by atoms with Crippen molar-refractivity contribution in [3.05, 3.63) is 23.4 Å². The minimum atomic E-state index is 0.0275. The molecule has 1 saturated heterocycles. The van der Waals surface area contributed by atoms with Crippen LogP contribution >= 0.6 is 0 Å². The first-order valence-corrected chi connectivity index (χ1v) is 8.68. The number of nitrogens with one attached hydrogen (secondary N) is 1. The number of hydrogen-bond donors (Lipinski definition) is 1. The zero-order valence-corrected chi connectivity index (χ0v) is 14.8. The van der Waals surface area contributed by atoms with Crippen LogP contribution in [0, 0.1) is 5.92 Å². The van der Waals surface area contributed by atoms with Crippen LogP contribution in [0.25, 0.3) is 0 Å². The highest BCUT2D eigenvalue weighted by molar-refractivity contribution is 5.81. The largest absolute Gasteiger partial charge is 0.352 e. The first kappa shape index (κ1) is 16.2. The molecule has 3 rings (SSSR count). The van der Waals surface area contributed by atoms with Crippen molar-refractivity contribution in [3.63, 3.8) is 0 Å². The number of carbonyl (C=O) groups excluding carboxylic acids is 1. The Bertz CT molecular complexity index is 568. The van der Waals surface area contributed by atoms with E-state index in [1.807, 2.05) is 6.21 Å². The molecule has 5 nitrogen and oxygen atoms in total. The van der Waals surface area contributed by atoms with Crippen LogP contribution in [-0.4, -0.2) is 46.4 Å². The molecule has 0 radical (unpaired) electrons. The van der Waals surface area contributed by atoms with Crippen LogP contribution in [0.5, 0.6) is 0 Å². The third kappa shape index (κ3) is 2.82. The van der Waals surface area contributed by atoms with E-state index in [4.69, 9.17) is 4.99 Å². The lowest BCUT2D eigenvalue weighted by atomic mass is 9.77. The normalized spacial score (nSPS) is 30.2. The number of fused-ring (bicyclic) bond motifs is 3. The van der Waals surface area contributed by atoms with E-state index in [-0.39, 0.29) is 24.0 Å². The summed E-state index contributed by atoms with van der Waals surface area (Å²) in [6.45, 7) is 10.9. The van der Waals surface area contributed by atoms with E-state index in [1.54, 1.807) is 0 Å². The molecule has 0 aromatic carbocycles. The van der Waals surface area contributed by atoms with Gasteiger partial charge in [-0.05, 0) is 45.8 Å². The topological polar surface area (TPSA) is 47.9 Å². The molecule has 1 amide bonds. The molecule has 3 unspecified atom stereocenters. The second-order valence-corrected chi connectivity index (χ2v) is 7.31. The van der Waals surface area contributed by atoms with Gasteiger partial charge in [-0.15, -0.1) is 0 Å². The van der Waals surface area contributed by atoms with Crippen LogP contribution in [0.4, 0.5) is 0 Å². The van der Waals surface area contributed by atoms with E-state index in [9.17, 15) is 4.79 Å². The lowest BCUT2D eigenvalue weighted by Gasteiger charge is -2.50. The van der Waals surface area contributed by atoms with Gasteiger partial charge in [0.05, 0.1) is 6.42 Å². The SMILES string of the molecule is CC1NC(=O)CC2=CN(N(C(C)C)C(C)C)C3N=CCC=C3C21. The summed E-state index contributed by atoms with van der Waals surface area (Å²) in [5.41, 5.74) is 2.55. The molecule has 3 aliphatic heterocycles. The van der Waals surface area contributed by atoms with Crippen molar-refractivity contribution in [1.29, 1.82) is 0 Å². The summed E-state index contributed by atoms with van der Waals surface area (Å²) >= 11 is 0. The molecule has 3 heterocycles. The average molecular weight is 316 g/mol. The number of hydrazine groups is 1. The Morgan fingerprint density at radius 3 is 2.65 bits per heavy atom. The summed E-state index contributed by atoms with van der Waals surface area (Å²) in [5.74, 6) is 0.409. The second-order valence-electron chi connectivity index (χ2n) is 7.31. The highest BCUT2D eigenvalue weighted by atomic mass is 16.1. The molecule has 126 valence electrons. The van der Waals surface area contributed by atoms with Crippen LogP contribution < -0.4 is 5.32 Å².